The van der Waals surface area contributed by atoms with Crippen LogP contribution in [0.1, 0.15) is 15.2 Å². The summed E-state index contributed by atoms with van der Waals surface area (Å²) in [6.07, 6.45) is 2.34. The maximum atomic E-state index is 12.8. The number of nitrogens with zero attached hydrogens (tertiary/aromatic N) is 2. The van der Waals surface area contributed by atoms with Gasteiger partial charge in [0.1, 0.15) is 4.88 Å². The largest absolute Gasteiger partial charge is 0.287 e. The quantitative estimate of drug-likeness (QED) is 0.731. The van der Waals surface area contributed by atoms with Gasteiger partial charge >= 0.3 is 0 Å². The third-order valence-corrected chi connectivity index (χ3v) is 8.20. The number of anilines is 1. The van der Waals surface area contributed by atoms with E-state index in [-0.39, 0.29) is 0 Å². The number of ketones is 1. The second-order valence-corrected chi connectivity index (χ2v) is 10.8. The Bertz CT molecular complexity index is 1100. The van der Waals surface area contributed by atoms with Gasteiger partial charge in [-0.3, -0.25) is 9.10 Å². The second-order valence-electron chi connectivity index (χ2n) is 5.65. The monoisotopic (exact) mass is 396 g/mol. The summed E-state index contributed by atoms with van der Waals surface area (Å²) in [5, 5.41) is 1.66. The number of Topliss-reactive ketones (excluding diaryl/α,β-unsaturated/α-hetero) is 1. The van der Waals surface area contributed by atoms with Crippen molar-refractivity contribution in [3.63, 3.8) is 0 Å². The van der Waals surface area contributed by atoms with Gasteiger partial charge in [-0.15, -0.1) is 11.3 Å². The van der Waals surface area contributed by atoms with Crippen LogP contribution in [0.15, 0.2) is 56.1 Å². The summed E-state index contributed by atoms with van der Waals surface area (Å²) in [5.41, 5.74) is 1.36. The lowest BCUT2D eigenvalue weighted by atomic mass is 10.2. The van der Waals surface area contributed by atoms with E-state index < -0.39 is 30.4 Å². The lowest BCUT2D eigenvalue weighted by Crippen LogP contribution is -2.35. The van der Waals surface area contributed by atoms with Crippen LogP contribution < -0.4 is 4.31 Å². The number of hydrogen-bond donors (Lipinski definition) is 0. The minimum absolute atomic E-state index is 0.330. The van der Waals surface area contributed by atoms with Gasteiger partial charge < -0.3 is 0 Å². The molecule has 0 saturated heterocycles. The van der Waals surface area contributed by atoms with Crippen molar-refractivity contribution in [2.45, 2.75) is 11.8 Å². The molecule has 1 aliphatic rings. The highest BCUT2D eigenvalue weighted by atomic mass is 32.2. The van der Waals surface area contributed by atoms with Crippen LogP contribution in [0, 0.1) is 6.92 Å². The molecule has 0 spiro atoms. The highest BCUT2D eigenvalue weighted by Gasteiger charge is 2.39. The molecule has 1 unspecified atom stereocenters. The number of allylic oxidation sites excluding steroid dienone is 1. The van der Waals surface area contributed by atoms with Crippen molar-refractivity contribution in [1.29, 1.82) is 0 Å². The summed E-state index contributed by atoms with van der Waals surface area (Å²) in [5.74, 6) is -0.619. The molecule has 1 atom stereocenters. The van der Waals surface area contributed by atoms with Crippen LogP contribution in [0.2, 0.25) is 0 Å². The molecule has 1 aliphatic heterocycles. The van der Waals surface area contributed by atoms with E-state index in [4.69, 9.17) is 0 Å². The second kappa shape index (κ2) is 6.08. The van der Waals surface area contributed by atoms with Crippen LogP contribution in [-0.4, -0.2) is 31.7 Å². The number of carbonyl (C=O) groups is 1. The third kappa shape index (κ3) is 3.03. The van der Waals surface area contributed by atoms with E-state index in [1.165, 1.54) is 13.3 Å². The molecule has 0 radical (unpaired) electrons. The van der Waals surface area contributed by atoms with Crippen LogP contribution in [0.3, 0.4) is 0 Å². The first-order valence-corrected chi connectivity index (χ1v) is 11.5. The molecular formula is C16H16N2O4S3. The van der Waals surface area contributed by atoms with Gasteiger partial charge in [-0.1, -0.05) is 17.7 Å². The van der Waals surface area contributed by atoms with Gasteiger partial charge in [-0.25, -0.2) is 17.0 Å². The maximum absolute atomic E-state index is 12.8. The zero-order valence-corrected chi connectivity index (χ0v) is 16.2. The molecule has 0 amide bonds. The van der Waals surface area contributed by atoms with Crippen LogP contribution in [0.25, 0.3) is 0 Å². The smallest absolute Gasteiger partial charge is 0.269 e. The van der Waals surface area contributed by atoms with E-state index in [2.05, 4.69) is 4.36 Å². The summed E-state index contributed by atoms with van der Waals surface area (Å²) in [6, 6.07) is 8.55. The number of rotatable bonds is 2. The molecule has 0 bridgehead atoms. The molecule has 9 heteroatoms. The molecule has 6 nitrogen and oxygen atoms in total. The molecule has 0 aliphatic carbocycles. The van der Waals surface area contributed by atoms with Crippen LogP contribution in [0.5, 0.6) is 0 Å². The first-order valence-electron chi connectivity index (χ1n) is 7.24. The van der Waals surface area contributed by atoms with E-state index in [9.17, 15) is 17.4 Å². The van der Waals surface area contributed by atoms with E-state index in [1.807, 2.05) is 6.92 Å². The number of benzene rings is 1. The summed E-state index contributed by atoms with van der Waals surface area (Å²) < 4.78 is 43.0. The zero-order valence-electron chi connectivity index (χ0n) is 13.8. The lowest BCUT2D eigenvalue weighted by molar-refractivity contribution is 0.104. The number of carbonyl (C=O) groups excluding carboxylic acids is 1. The predicted octanol–water partition coefficient (Wildman–Crippen LogP) is 3.02. The minimum Gasteiger partial charge on any atom is -0.287 e. The van der Waals surface area contributed by atoms with Gasteiger partial charge in [0.15, 0.2) is 4.91 Å². The first-order chi connectivity index (χ1) is 11.6. The van der Waals surface area contributed by atoms with E-state index in [1.54, 1.807) is 35.7 Å². The topological polar surface area (TPSA) is 83.9 Å². The first kappa shape index (κ1) is 17.8. The predicted molar refractivity (Wildman–Crippen MR) is 100.0 cm³/mol. The van der Waals surface area contributed by atoms with Crippen molar-refractivity contribution in [2.24, 2.45) is 4.36 Å². The lowest BCUT2D eigenvalue weighted by Gasteiger charge is -2.24. The SMILES string of the molecule is Cc1ccc(S(C)(=O)=NC=C2C(=O)c3sccc3N(C)S2(=O)=O)cc1. The Balaban J connectivity index is 2.13. The molecule has 25 heavy (non-hydrogen) atoms. The van der Waals surface area contributed by atoms with Gasteiger partial charge in [0.25, 0.3) is 10.0 Å². The van der Waals surface area contributed by atoms with Crippen molar-refractivity contribution in [3.05, 3.63) is 57.3 Å². The van der Waals surface area contributed by atoms with Crippen LogP contribution >= 0.6 is 11.3 Å². The number of aryl methyl sites for hydroxylation is 1. The molecular weight excluding hydrogens is 380 g/mol. The van der Waals surface area contributed by atoms with E-state index >= 15 is 0 Å². The average Bonchev–Trinajstić information content (AvgIpc) is 3.03. The summed E-state index contributed by atoms with van der Waals surface area (Å²) in [7, 11) is -5.50. The molecule has 1 aromatic heterocycles. The molecule has 1 aromatic carbocycles. The fourth-order valence-electron chi connectivity index (χ4n) is 2.35. The highest BCUT2D eigenvalue weighted by molar-refractivity contribution is 7.98. The maximum Gasteiger partial charge on any atom is 0.269 e. The summed E-state index contributed by atoms with van der Waals surface area (Å²) >= 11 is 1.16. The molecule has 0 N–H and O–H groups in total. The molecule has 0 fully saturated rings. The van der Waals surface area contributed by atoms with Crippen molar-refractivity contribution < 1.29 is 17.4 Å². The number of sulfonamides is 1. The van der Waals surface area contributed by atoms with Crippen molar-refractivity contribution in [2.75, 3.05) is 17.6 Å². The zero-order chi connectivity index (χ0) is 18.4. The van der Waals surface area contributed by atoms with Crippen LogP contribution in [-0.2, 0) is 19.8 Å². The highest BCUT2D eigenvalue weighted by Crippen LogP contribution is 2.37. The molecule has 0 saturated carbocycles. The van der Waals surface area contributed by atoms with Gasteiger partial charge in [0.2, 0.25) is 5.78 Å². The van der Waals surface area contributed by atoms with Gasteiger partial charge in [0.05, 0.1) is 21.6 Å². The number of thiophene rings is 1. The Labute approximate surface area is 151 Å². The average molecular weight is 397 g/mol. The fourth-order valence-corrected chi connectivity index (χ4v) is 5.71. The van der Waals surface area contributed by atoms with Gasteiger partial charge in [0, 0.05) is 18.2 Å². The summed E-state index contributed by atoms with van der Waals surface area (Å²) in [6.45, 7) is 1.90. The Morgan fingerprint density at radius 2 is 1.84 bits per heavy atom. The Kier molecular flexibility index (Phi) is 4.34. The Morgan fingerprint density at radius 1 is 1.20 bits per heavy atom. The minimum atomic E-state index is -4.01. The molecule has 2 aromatic rings. The van der Waals surface area contributed by atoms with E-state index in [0.717, 1.165) is 27.4 Å². The number of hydrogen-bond acceptors (Lipinski definition) is 6. The molecule has 132 valence electrons. The van der Waals surface area contributed by atoms with Crippen molar-refractivity contribution in [3.8, 4) is 0 Å². The molecule has 2 heterocycles. The van der Waals surface area contributed by atoms with Gasteiger partial charge in [-0.2, -0.15) is 0 Å². The fraction of sp³-hybridized carbons (Fsp3) is 0.188. The standard InChI is InChI=1S/C16H16N2O4S3/c1-11-4-6-12(7-5-11)24(3,20)17-10-14-15(19)16-13(8-9-23-16)18(2)25(14,21)22/h4-10H,1-3H3. The van der Waals surface area contributed by atoms with Crippen LogP contribution in [0.4, 0.5) is 5.69 Å². The van der Waals surface area contributed by atoms with Crippen molar-refractivity contribution in [1.82, 2.24) is 0 Å². The third-order valence-electron chi connectivity index (χ3n) is 3.88. The van der Waals surface area contributed by atoms with Crippen molar-refractivity contribution >= 4 is 42.6 Å². The Hall–Kier alpha value is -1.97. The number of fused-ring (bicyclic) bond motifs is 1. The summed E-state index contributed by atoms with van der Waals surface area (Å²) in [4.78, 5) is 12.9. The van der Waals surface area contributed by atoms with E-state index in [0.29, 0.717) is 15.5 Å². The normalized spacial score (nSPS) is 20.2. The Morgan fingerprint density at radius 3 is 2.48 bits per heavy atom. The van der Waals surface area contributed by atoms with Gasteiger partial charge in [-0.05, 0) is 30.5 Å². The molecule has 3 rings (SSSR count).